The predicted molar refractivity (Wildman–Crippen MR) is 77.6 cm³/mol. The lowest BCUT2D eigenvalue weighted by Crippen LogP contribution is -2.03. The van der Waals surface area contributed by atoms with E-state index in [0.717, 1.165) is 28.4 Å². The number of nitrogens with zero attached hydrogens (tertiary/aromatic N) is 3. The molecule has 0 spiro atoms. The fraction of sp³-hybridized carbons (Fsp3) is 0.333. The number of benzene rings is 1. The van der Waals surface area contributed by atoms with Crippen molar-refractivity contribution < 1.29 is 4.74 Å². The lowest BCUT2D eigenvalue weighted by atomic mass is 10.1. The first-order valence-corrected chi connectivity index (χ1v) is 6.42. The van der Waals surface area contributed by atoms with E-state index in [1.807, 2.05) is 38.2 Å². The number of nitrogens with one attached hydrogen (secondary N) is 1. The van der Waals surface area contributed by atoms with Crippen LogP contribution in [0.25, 0.3) is 0 Å². The van der Waals surface area contributed by atoms with Crippen molar-refractivity contribution in [1.82, 2.24) is 9.78 Å². The molecule has 1 aromatic heterocycles. The Morgan fingerprint density at radius 1 is 1.35 bits per heavy atom. The molecule has 0 amide bonds. The second-order valence-corrected chi connectivity index (χ2v) is 4.58. The topological polar surface area (TPSA) is 62.9 Å². The van der Waals surface area contributed by atoms with Crippen molar-refractivity contribution >= 4 is 5.69 Å². The summed E-state index contributed by atoms with van der Waals surface area (Å²) in [6.07, 6.45) is 0.440. The van der Waals surface area contributed by atoms with Crippen LogP contribution >= 0.6 is 0 Å². The Kier molecular flexibility index (Phi) is 4.26. The number of nitriles is 1. The third kappa shape index (κ3) is 2.91. The molecule has 1 N–H and O–H groups in total. The van der Waals surface area contributed by atoms with Crippen LogP contribution in [0.15, 0.2) is 24.3 Å². The van der Waals surface area contributed by atoms with Gasteiger partial charge in [0.1, 0.15) is 0 Å². The number of rotatable bonds is 5. The van der Waals surface area contributed by atoms with Crippen molar-refractivity contribution in [3.05, 3.63) is 41.1 Å². The van der Waals surface area contributed by atoms with Gasteiger partial charge < -0.3 is 10.1 Å². The molecule has 2 rings (SSSR count). The van der Waals surface area contributed by atoms with E-state index in [9.17, 15) is 0 Å². The van der Waals surface area contributed by atoms with Crippen LogP contribution in [0.5, 0.6) is 5.88 Å². The van der Waals surface area contributed by atoms with E-state index < -0.39 is 0 Å². The highest BCUT2D eigenvalue weighted by atomic mass is 16.5. The summed E-state index contributed by atoms with van der Waals surface area (Å²) in [6, 6.07) is 10.0. The zero-order chi connectivity index (χ0) is 14.5. The first kappa shape index (κ1) is 13.9. The van der Waals surface area contributed by atoms with Crippen LogP contribution in [0.1, 0.15) is 16.8 Å². The lowest BCUT2D eigenvalue weighted by molar-refractivity contribution is 0.370. The number of aryl methyl sites for hydroxylation is 2. The van der Waals surface area contributed by atoms with Gasteiger partial charge in [-0.25, -0.2) is 4.68 Å². The minimum atomic E-state index is 0.440. The van der Waals surface area contributed by atoms with Crippen LogP contribution in [0, 0.1) is 18.3 Å². The van der Waals surface area contributed by atoms with Gasteiger partial charge >= 0.3 is 0 Å². The zero-order valence-corrected chi connectivity index (χ0v) is 12.0. The normalized spacial score (nSPS) is 10.1. The highest BCUT2D eigenvalue weighted by molar-refractivity contribution is 5.46. The van der Waals surface area contributed by atoms with E-state index in [1.54, 1.807) is 11.8 Å². The number of methoxy groups -OCH3 is 1. The molecule has 1 aromatic carbocycles. The third-order valence-electron chi connectivity index (χ3n) is 3.19. The van der Waals surface area contributed by atoms with Crippen LogP contribution in [-0.4, -0.2) is 16.9 Å². The predicted octanol–water partition coefficient (Wildman–Crippen LogP) is 2.42. The number of anilines is 1. The second kappa shape index (κ2) is 6.11. The minimum Gasteiger partial charge on any atom is -0.481 e. The van der Waals surface area contributed by atoms with Gasteiger partial charge in [-0.15, -0.1) is 0 Å². The Hall–Kier alpha value is -2.48. The molecule has 0 aliphatic carbocycles. The maximum Gasteiger partial charge on any atom is 0.216 e. The fourth-order valence-corrected chi connectivity index (χ4v) is 2.16. The highest BCUT2D eigenvalue weighted by Crippen LogP contribution is 2.22. The minimum absolute atomic E-state index is 0.440. The molecule has 0 aliphatic rings. The van der Waals surface area contributed by atoms with Crippen LogP contribution < -0.4 is 10.1 Å². The molecule has 0 unspecified atom stereocenters. The lowest BCUT2D eigenvalue weighted by Gasteiger charge is -2.08. The van der Waals surface area contributed by atoms with Gasteiger partial charge in [-0.3, -0.25) is 0 Å². The first-order chi connectivity index (χ1) is 9.65. The Balaban J connectivity index is 2.07. The quantitative estimate of drug-likeness (QED) is 0.906. The van der Waals surface area contributed by atoms with Crippen molar-refractivity contribution in [2.24, 2.45) is 7.05 Å². The molecular weight excluding hydrogens is 252 g/mol. The molecule has 0 aliphatic heterocycles. The molecule has 20 heavy (non-hydrogen) atoms. The molecule has 0 fully saturated rings. The van der Waals surface area contributed by atoms with Crippen LogP contribution in [0.3, 0.4) is 0 Å². The van der Waals surface area contributed by atoms with Gasteiger partial charge in [-0.05, 0) is 24.6 Å². The fourth-order valence-electron chi connectivity index (χ4n) is 2.16. The Morgan fingerprint density at radius 3 is 2.65 bits per heavy atom. The standard InChI is InChI=1S/C15H18N4O/c1-11-14(15(20-3)19(2)18-11)10-17-13-6-4-12(5-7-13)8-9-16/h4-7,17H,8,10H2,1-3H3. The van der Waals surface area contributed by atoms with Gasteiger partial charge in [-0.2, -0.15) is 10.4 Å². The largest absolute Gasteiger partial charge is 0.481 e. The van der Waals surface area contributed by atoms with Crippen molar-refractivity contribution in [3.8, 4) is 11.9 Å². The Morgan fingerprint density at radius 2 is 2.05 bits per heavy atom. The maximum absolute atomic E-state index is 8.64. The summed E-state index contributed by atoms with van der Waals surface area (Å²) < 4.78 is 7.10. The first-order valence-electron chi connectivity index (χ1n) is 6.42. The Labute approximate surface area is 118 Å². The van der Waals surface area contributed by atoms with Gasteiger partial charge in [0.05, 0.1) is 30.9 Å². The summed E-state index contributed by atoms with van der Waals surface area (Å²) >= 11 is 0. The molecule has 5 nitrogen and oxygen atoms in total. The summed E-state index contributed by atoms with van der Waals surface area (Å²) in [5.74, 6) is 0.774. The van der Waals surface area contributed by atoms with E-state index >= 15 is 0 Å². The molecule has 0 radical (unpaired) electrons. The van der Waals surface area contributed by atoms with Crippen molar-refractivity contribution in [2.75, 3.05) is 12.4 Å². The molecule has 1 heterocycles. The average molecular weight is 270 g/mol. The van der Waals surface area contributed by atoms with Gasteiger partial charge in [0, 0.05) is 19.3 Å². The van der Waals surface area contributed by atoms with Gasteiger partial charge in [0.15, 0.2) is 0 Å². The number of hydrogen-bond acceptors (Lipinski definition) is 4. The average Bonchev–Trinajstić information content (AvgIpc) is 2.72. The van der Waals surface area contributed by atoms with E-state index in [1.165, 1.54) is 0 Å². The summed E-state index contributed by atoms with van der Waals surface area (Å²) in [6.45, 7) is 2.62. The number of aromatic nitrogens is 2. The summed E-state index contributed by atoms with van der Waals surface area (Å²) in [7, 11) is 3.52. The van der Waals surface area contributed by atoms with Crippen LogP contribution in [-0.2, 0) is 20.0 Å². The SMILES string of the molecule is COc1c(CNc2ccc(CC#N)cc2)c(C)nn1C. The van der Waals surface area contributed by atoms with E-state index in [2.05, 4.69) is 16.5 Å². The second-order valence-electron chi connectivity index (χ2n) is 4.58. The molecule has 5 heteroatoms. The zero-order valence-electron chi connectivity index (χ0n) is 12.0. The van der Waals surface area contributed by atoms with Gasteiger partial charge in [0.2, 0.25) is 5.88 Å². The Bertz CT molecular complexity index is 623. The van der Waals surface area contributed by atoms with E-state index in [-0.39, 0.29) is 0 Å². The number of hydrogen-bond donors (Lipinski definition) is 1. The van der Waals surface area contributed by atoms with Crippen molar-refractivity contribution in [1.29, 1.82) is 5.26 Å². The van der Waals surface area contributed by atoms with Crippen LogP contribution in [0.2, 0.25) is 0 Å². The van der Waals surface area contributed by atoms with Gasteiger partial charge in [-0.1, -0.05) is 12.1 Å². The molecular formula is C15H18N4O. The monoisotopic (exact) mass is 270 g/mol. The van der Waals surface area contributed by atoms with Crippen LogP contribution in [0.4, 0.5) is 5.69 Å². The van der Waals surface area contributed by atoms with E-state index in [0.29, 0.717) is 13.0 Å². The van der Waals surface area contributed by atoms with E-state index in [4.69, 9.17) is 10.00 Å². The molecule has 0 saturated heterocycles. The molecule has 104 valence electrons. The third-order valence-corrected chi connectivity index (χ3v) is 3.19. The molecule has 0 bridgehead atoms. The maximum atomic E-state index is 8.64. The summed E-state index contributed by atoms with van der Waals surface area (Å²) in [5.41, 5.74) is 4.04. The molecule has 0 atom stereocenters. The van der Waals surface area contributed by atoms with Crippen molar-refractivity contribution in [3.63, 3.8) is 0 Å². The molecule has 2 aromatic rings. The van der Waals surface area contributed by atoms with Gasteiger partial charge in [0.25, 0.3) is 0 Å². The highest BCUT2D eigenvalue weighted by Gasteiger charge is 2.13. The summed E-state index contributed by atoms with van der Waals surface area (Å²) in [5, 5.41) is 16.3. The summed E-state index contributed by atoms with van der Waals surface area (Å²) in [4.78, 5) is 0. The smallest absolute Gasteiger partial charge is 0.216 e. The molecule has 0 saturated carbocycles. The van der Waals surface area contributed by atoms with Crippen molar-refractivity contribution in [2.45, 2.75) is 19.9 Å². The number of ether oxygens (including phenoxy) is 1.